The molecule has 2 aliphatic carbocycles. The summed E-state index contributed by atoms with van der Waals surface area (Å²) in [4.78, 5) is 0. The van der Waals surface area contributed by atoms with Crippen LogP contribution < -0.4 is 4.72 Å². The maximum Gasteiger partial charge on any atom is 0.212 e. The molecule has 2 N–H and O–H groups in total. The average molecular weight is 267 g/mol. The Labute approximate surface area is 107 Å². The second-order valence-corrected chi connectivity index (χ2v) is 7.09. The topological polar surface area (TPSA) is 66.4 Å². The molecule has 2 atom stereocenters. The molecule has 0 unspecified atom stereocenters. The lowest BCUT2D eigenvalue weighted by atomic mass is 10.1. The van der Waals surface area contributed by atoms with E-state index >= 15 is 0 Å². The highest BCUT2D eigenvalue weighted by molar-refractivity contribution is 7.89. The lowest BCUT2D eigenvalue weighted by molar-refractivity contribution is 0.151. The lowest BCUT2D eigenvalue weighted by Gasteiger charge is -2.17. The molecule has 0 aromatic heterocycles. The zero-order valence-electron chi connectivity index (χ0n) is 10.0. The summed E-state index contributed by atoms with van der Waals surface area (Å²) >= 11 is 0. The Balaban J connectivity index is 1.80. The molecule has 18 heavy (non-hydrogen) atoms. The second-order valence-electron chi connectivity index (χ2n) is 5.29. The molecule has 5 heteroatoms. The van der Waals surface area contributed by atoms with Gasteiger partial charge < -0.3 is 5.11 Å². The molecule has 3 rings (SSSR count). The summed E-state index contributed by atoms with van der Waals surface area (Å²) in [6, 6.07) is 7.12. The van der Waals surface area contributed by atoms with Crippen LogP contribution in [0.3, 0.4) is 0 Å². The highest BCUT2D eigenvalue weighted by Crippen LogP contribution is 2.34. The van der Waals surface area contributed by atoms with Gasteiger partial charge in [0.25, 0.3) is 0 Å². The molecule has 0 aliphatic heterocycles. The van der Waals surface area contributed by atoms with Gasteiger partial charge in [0.1, 0.15) is 0 Å². The largest absolute Gasteiger partial charge is 0.391 e. The van der Waals surface area contributed by atoms with Crippen molar-refractivity contribution in [2.24, 2.45) is 5.92 Å². The first-order chi connectivity index (χ1) is 8.55. The fraction of sp³-hybridized carbons (Fsp3) is 0.538. The number of sulfonamides is 1. The second kappa shape index (κ2) is 4.33. The van der Waals surface area contributed by atoms with Crippen LogP contribution in [0.15, 0.2) is 24.3 Å². The molecule has 0 heterocycles. The van der Waals surface area contributed by atoms with E-state index in [2.05, 4.69) is 4.72 Å². The van der Waals surface area contributed by atoms with E-state index < -0.39 is 22.2 Å². The van der Waals surface area contributed by atoms with Gasteiger partial charge in [0.2, 0.25) is 10.0 Å². The van der Waals surface area contributed by atoms with Gasteiger partial charge in [-0.1, -0.05) is 24.3 Å². The highest BCUT2D eigenvalue weighted by Gasteiger charge is 2.35. The molecule has 0 bridgehead atoms. The van der Waals surface area contributed by atoms with Gasteiger partial charge in [-0.2, -0.15) is 0 Å². The summed E-state index contributed by atoms with van der Waals surface area (Å²) in [6.07, 6.45) is 1.87. The third-order valence-corrected chi connectivity index (χ3v) is 5.19. The fourth-order valence-electron chi connectivity index (χ4n) is 2.55. The first-order valence-corrected chi connectivity index (χ1v) is 7.96. The van der Waals surface area contributed by atoms with Crippen LogP contribution in [0.4, 0.5) is 0 Å². The van der Waals surface area contributed by atoms with E-state index in [1.165, 1.54) is 0 Å². The fourth-order valence-corrected chi connectivity index (χ4v) is 4.27. The van der Waals surface area contributed by atoms with Gasteiger partial charge >= 0.3 is 0 Å². The minimum atomic E-state index is -3.29. The maximum absolute atomic E-state index is 12.0. The SMILES string of the molecule is O=S(=O)(CC1CC1)N[C@H]1c2ccccc2C[C@H]1O. The molecule has 0 radical (unpaired) electrons. The van der Waals surface area contributed by atoms with Crippen molar-refractivity contribution < 1.29 is 13.5 Å². The molecule has 98 valence electrons. The van der Waals surface area contributed by atoms with Crippen LogP contribution in [0.2, 0.25) is 0 Å². The number of rotatable bonds is 4. The third kappa shape index (κ3) is 2.43. The smallest absolute Gasteiger partial charge is 0.212 e. The number of hydrogen-bond acceptors (Lipinski definition) is 3. The molecule has 0 saturated heterocycles. The molecule has 1 saturated carbocycles. The standard InChI is InChI=1S/C13H17NO3S/c15-12-7-10-3-1-2-4-11(10)13(12)14-18(16,17)8-9-5-6-9/h1-4,9,12-15H,5-8H2/t12-,13+/m1/s1. The summed E-state index contributed by atoms with van der Waals surface area (Å²) < 4.78 is 26.6. The highest BCUT2D eigenvalue weighted by atomic mass is 32.2. The molecule has 1 aromatic rings. The normalized spacial score (nSPS) is 27.2. The van der Waals surface area contributed by atoms with E-state index in [9.17, 15) is 13.5 Å². The number of aliphatic hydroxyl groups excluding tert-OH is 1. The number of benzene rings is 1. The van der Waals surface area contributed by atoms with E-state index in [1.54, 1.807) is 0 Å². The maximum atomic E-state index is 12.0. The Hall–Kier alpha value is -0.910. The van der Waals surface area contributed by atoms with Crippen LogP contribution in [0.1, 0.15) is 30.0 Å². The summed E-state index contributed by atoms with van der Waals surface area (Å²) in [5, 5.41) is 10.00. The van der Waals surface area contributed by atoms with Crippen molar-refractivity contribution in [2.45, 2.75) is 31.4 Å². The summed E-state index contributed by atoms with van der Waals surface area (Å²) in [6.45, 7) is 0. The van der Waals surface area contributed by atoms with Crippen molar-refractivity contribution in [3.8, 4) is 0 Å². The molecule has 2 aliphatic rings. The van der Waals surface area contributed by atoms with Crippen LogP contribution >= 0.6 is 0 Å². The Morgan fingerprint density at radius 2 is 2.00 bits per heavy atom. The van der Waals surface area contributed by atoms with Crippen LogP contribution in [0, 0.1) is 5.92 Å². The van der Waals surface area contributed by atoms with Crippen LogP contribution in [-0.4, -0.2) is 25.4 Å². The van der Waals surface area contributed by atoms with Crippen molar-refractivity contribution in [3.63, 3.8) is 0 Å². The number of hydrogen-bond donors (Lipinski definition) is 2. The monoisotopic (exact) mass is 267 g/mol. The van der Waals surface area contributed by atoms with Gasteiger partial charge in [0, 0.05) is 6.42 Å². The van der Waals surface area contributed by atoms with Crippen molar-refractivity contribution in [3.05, 3.63) is 35.4 Å². The van der Waals surface area contributed by atoms with Crippen LogP contribution in [0.25, 0.3) is 0 Å². The molecular weight excluding hydrogens is 250 g/mol. The lowest BCUT2D eigenvalue weighted by Crippen LogP contribution is -2.35. The predicted octanol–water partition coefficient (Wildman–Crippen LogP) is 0.974. The van der Waals surface area contributed by atoms with Gasteiger partial charge in [0.15, 0.2) is 0 Å². The van der Waals surface area contributed by atoms with Crippen molar-refractivity contribution in [1.82, 2.24) is 4.72 Å². The quantitative estimate of drug-likeness (QED) is 0.854. The Kier molecular flexibility index (Phi) is 2.92. The zero-order chi connectivity index (χ0) is 12.8. The Morgan fingerprint density at radius 3 is 2.72 bits per heavy atom. The van der Waals surface area contributed by atoms with Gasteiger partial charge in [-0.05, 0) is 29.9 Å². The molecule has 4 nitrogen and oxygen atoms in total. The average Bonchev–Trinajstić information content (AvgIpc) is 3.04. The zero-order valence-corrected chi connectivity index (χ0v) is 10.9. The van der Waals surface area contributed by atoms with E-state index in [0.29, 0.717) is 12.3 Å². The number of nitrogens with one attached hydrogen (secondary N) is 1. The Morgan fingerprint density at radius 1 is 1.28 bits per heavy atom. The van der Waals surface area contributed by atoms with Crippen LogP contribution in [0.5, 0.6) is 0 Å². The van der Waals surface area contributed by atoms with Gasteiger partial charge in [-0.3, -0.25) is 0 Å². The third-order valence-electron chi connectivity index (χ3n) is 3.66. The molecule has 0 amide bonds. The molecule has 1 aromatic carbocycles. The minimum Gasteiger partial charge on any atom is -0.391 e. The van der Waals surface area contributed by atoms with E-state index in [0.717, 1.165) is 24.0 Å². The summed E-state index contributed by atoms with van der Waals surface area (Å²) in [7, 11) is -3.29. The van der Waals surface area contributed by atoms with Crippen molar-refractivity contribution in [2.75, 3.05) is 5.75 Å². The predicted molar refractivity (Wildman–Crippen MR) is 68.5 cm³/mol. The first-order valence-electron chi connectivity index (χ1n) is 6.31. The van der Waals surface area contributed by atoms with E-state index in [-0.39, 0.29) is 5.75 Å². The van der Waals surface area contributed by atoms with Crippen LogP contribution in [-0.2, 0) is 16.4 Å². The first kappa shape index (κ1) is 12.1. The van der Waals surface area contributed by atoms with E-state index in [4.69, 9.17) is 0 Å². The van der Waals surface area contributed by atoms with Gasteiger partial charge in [-0.15, -0.1) is 0 Å². The van der Waals surface area contributed by atoms with Gasteiger partial charge in [0.05, 0.1) is 17.9 Å². The van der Waals surface area contributed by atoms with Gasteiger partial charge in [-0.25, -0.2) is 13.1 Å². The summed E-state index contributed by atoms with van der Waals surface area (Å²) in [5.74, 6) is 0.509. The molecule has 1 fully saturated rings. The number of aliphatic hydroxyl groups is 1. The molecule has 0 spiro atoms. The Bertz CT molecular complexity index is 551. The van der Waals surface area contributed by atoms with Crippen molar-refractivity contribution >= 4 is 10.0 Å². The summed E-state index contributed by atoms with van der Waals surface area (Å²) in [5.41, 5.74) is 1.94. The van der Waals surface area contributed by atoms with Crippen molar-refractivity contribution in [1.29, 1.82) is 0 Å². The number of fused-ring (bicyclic) bond motifs is 1. The molecular formula is C13H17NO3S. The van der Waals surface area contributed by atoms with E-state index in [1.807, 2.05) is 24.3 Å². The minimum absolute atomic E-state index is 0.193.